The minimum atomic E-state index is 0.0802. The van der Waals surface area contributed by atoms with Crippen LogP contribution >= 0.6 is 0 Å². The van der Waals surface area contributed by atoms with Gasteiger partial charge in [-0.1, -0.05) is 30.3 Å². The summed E-state index contributed by atoms with van der Waals surface area (Å²) in [5.74, 6) is 0.922. The molecule has 0 bridgehead atoms. The minimum absolute atomic E-state index is 0.0802. The summed E-state index contributed by atoms with van der Waals surface area (Å²) in [5.41, 5.74) is 10.5. The Labute approximate surface area is 108 Å². The summed E-state index contributed by atoms with van der Waals surface area (Å²) >= 11 is 0. The van der Waals surface area contributed by atoms with Gasteiger partial charge in [0.15, 0.2) is 0 Å². The van der Waals surface area contributed by atoms with E-state index < -0.39 is 0 Å². The molecular weight excluding hydrogens is 222 g/mol. The van der Waals surface area contributed by atoms with Crippen LogP contribution in [0.1, 0.15) is 24.1 Å². The van der Waals surface area contributed by atoms with Crippen LogP contribution in [0.3, 0.4) is 0 Å². The molecule has 1 atom stereocenters. The smallest absolute Gasteiger partial charge is 0.121 e. The summed E-state index contributed by atoms with van der Waals surface area (Å²) in [5, 5.41) is 0. The van der Waals surface area contributed by atoms with Crippen molar-refractivity contribution in [3.05, 3.63) is 53.6 Å². The molecule has 0 aliphatic rings. The van der Waals surface area contributed by atoms with E-state index in [1.165, 1.54) is 11.1 Å². The zero-order valence-corrected chi connectivity index (χ0v) is 11.1. The Morgan fingerprint density at radius 2 is 1.61 bits per heavy atom. The monoisotopic (exact) mass is 241 g/mol. The van der Waals surface area contributed by atoms with E-state index in [2.05, 4.69) is 43.3 Å². The maximum atomic E-state index is 5.85. The van der Waals surface area contributed by atoms with E-state index in [1.807, 2.05) is 13.0 Å². The van der Waals surface area contributed by atoms with Crippen LogP contribution in [-0.2, 0) is 0 Å². The Hall–Kier alpha value is -1.80. The molecule has 0 aromatic heterocycles. The first-order valence-electron chi connectivity index (χ1n) is 6.12. The first kappa shape index (κ1) is 12.7. The van der Waals surface area contributed by atoms with Gasteiger partial charge in [-0.2, -0.15) is 0 Å². The van der Waals surface area contributed by atoms with Crippen LogP contribution in [0, 0.1) is 6.92 Å². The van der Waals surface area contributed by atoms with Crippen LogP contribution in [0.4, 0.5) is 0 Å². The van der Waals surface area contributed by atoms with Gasteiger partial charge in [0.2, 0.25) is 0 Å². The van der Waals surface area contributed by atoms with Crippen molar-refractivity contribution < 1.29 is 4.74 Å². The molecule has 1 unspecified atom stereocenters. The standard InChI is InChI=1S/C16H19NO/c1-11-10-15(8-9-16(11)18-3)14-6-4-13(5-7-14)12(2)17/h4-10,12H,17H2,1-3H3. The molecule has 0 amide bonds. The van der Waals surface area contributed by atoms with Crippen LogP contribution in [0.15, 0.2) is 42.5 Å². The normalized spacial score (nSPS) is 12.2. The summed E-state index contributed by atoms with van der Waals surface area (Å²) in [6.45, 7) is 4.05. The van der Waals surface area contributed by atoms with Crippen molar-refractivity contribution in [3.63, 3.8) is 0 Å². The van der Waals surface area contributed by atoms with E-state index in [0.717, 1.165) is 16.9 Å². The van der Waals surface area contributed by atoms with Crippen molar-refractivity contribution in [2.24, 2.45) is 5.73 Å². The quantitative estimate of drug-likeness (QED) is 0.889. The van der Waals surface area contributed by atoms with E-state index >= 15 is 0 Å². The number of nitrogens with two attached hydrogens (primary N) is 1. The average Bonchev–Trinajstić information content (AvgIpc) is 2.38. The predicted molar refractivity (Wildman–Crippen MR) is 75.8 cm³/mol. The highest BCUT2D eigenvalue weighted by atomic mass is 16.5. The lowest BCUT2D eigenvalue weighted by Gasteiger charge is -2.09. The first-order valence-corrected chi connectivity index (χ1v) is 6.12. The van der Waals surface area contributed by atoms with Crippen molar-refractivity contribution in [2.75, 3.05) is 7.11 Å². The van der Waals surface area contributed by atoms with Gasteiger partial charge in [0, 0.05) is 6.04 Å². The van der Waals surface area contributed by atoms with Gasteiger partial charge < -0.3 is 10.5 Å². The Morgan fingerprint density at radius 1 is 1.00 bits per heavy atom. The lowest BCUT2D eigenvalue weighted by molar-refractivity contribution is 0.412. The lowest BCUT2D eigenvalue weighted by Crippen LogP contribution is -2.04. The van der Waals surface area contributed by atoms with Crippen LogP contribution in [0.25, 0.3) is 11.1 Å². The summed E-state index contributed by atoms with van der Waals surface area (Å²) in [6.07, 6.45) is 0. The molecule has 0 aliphatic carbocycles. The molecule has 0 aliphatic heterocycles. The molecule has 2 aromatic carbocycles. The van der Waals surface area contributed by atoms with E-state index in [9.17, 15) is 0 Å². The third kappa shape index (κ3) is 2.54. The zero-order valence-electron chi connectivity index (χ0n) is 11.1. The fraction of sp³-hybridized carbons (Fsp3) is 0.250. The molecule has 2 aromatic rings. The molecule has 0 saturated carbocycles. The third-order valence-electron chi connectivity index (χ3n) is 3.16. The third-order valence-corrected chi connectivity index (χ3v) is 3.16. The Bertz CT molecular complexity index is 529. The summed E-state index contributed by atoms with van der Waals surface area (Å²) in [6, 6.07) is 14.7. The number of hydrogen-bond acceptors (Lipinski definition) is 2. The highest BCUT2D eigenvalue weighted by molar-refractivity contribution is 5.66. The van der Waals surface area contributed by atoms with E-state index in [1.54, 1.807) is 7.11 Å². The summed E-state index contributed by atoms with van der Waals surface area (Å²) in [4.78, 5) is 0. The second kappa shape index (κ2) is 5.23. The van der Waals surface area contributed by atoms with Gasteiger partial charge >= 0.3 is 0 Å². The highest BCUT2D eigenvalue weighted by Crippen LogP contribution is 2.26. The first-order chi connectivity index (χ1) is 8.61. The number of methoxy groups -OCH3 is 1. The molecule has 2 rings (SSSR count). The highest BCUT2D eigenvalue weighted by Gasteiger charge is 2.03. The Kier molecular flexibility index (Phi) is 3.68. The second-order valence-corrected chi connectivity index (χ2v) is 4.60. The number of rotatable bonds is 3. The molecule has 2 heteroatoms. The molecule has 18 heavy (non-hydrogen) atoms. The Balaban J connectivity index is 2.34. The molecule has 0 saturated heterocycles. The van der Waals surface area contributed by atoms with Gasteiger partial charge in [-0.05, 0) is 48.2 Å². The molecular formula is C16H19NO. The van der Waals surface area contributed by atoms with Crippen LogP contribution in [-0.4, -0.2) is 7.11 Å². The molecule has 2 nitrogen and oxygen atoms in total. The Morgan fingerprint density at radius 3 is 2.11 bits per heavy atom. The van der Waals surface area contributed by atoms with Crippen molar-refractivity contribution in [2.45, 2.75) is 19.9 Å². The van der Waals surface area contributed by atoms with Crippen molar-refractivity contribution in [1.82, 2.24) is 0 Å². The fourth-order valence-corrected chi connectivity index (χ4v) is 2.04. The van der Waals surface area contributed by atoms with Gasteiger partial charge in [0.05, 0.1) is 7.11 Å². The molecule has 0 spiro atoms. The largest absolute Gasteiger partial charge is 0.496 e. The molecule has 0 radical (unpaired) electrons. The number of benzene rings is 2. The average molecular weight is 241 g/mol. The van der Waals surface area contributed by atoms with Crippen LogP contribution in [0.2, 0.25) is 0 Å². The minimum Gasteiger partial charge on any atom is -0.496 e. The molecule has 0 fully saturated rings. The maximum absolute atomic E-state index is 5.85. The number of hydrogen-bond donors (Lipinski definition) is 1. The SMILES string of the molecule is COc1ccc(-c2ccc(C(C)N)cc2)cc1C. The van der Waals surface area contributed by atoms with Gasteiger partial charge in [-0.25, -0.2) is 0 Å². The van der Waals surface area contributed by atoms with Crippen molar-refractivity contribution in [1.29, 1.82) is 0 Å². The molecule has 94 valence electrons. The van der Waals surface area contributed by atoms with Gasteiger partial charge in [0.1, 0.15) is 5.75 Å². The topological polar surface area (TPSA) is 35.2 Å². The zero-order chi connectivity index (χ0) is 13.1. The summed E-state index contributed by atoms with van der Waals surface area (Å²) in [7, 11) is 1.69. The maximum Gasteiger partial charge on any atom is 0.121 e. The van der Waals surface area contributed by atoms with Crippen molar-refractivity contribution >= 4 is 0 Å². The van der Waals surface area contributed by atoms with E-state index in [-0.39, 0.29) is 6.04 Å². The molecule has 2 N–H and O–H groups in total. The van der Waals surface area contributed by atoms with Gasteiger partial charge in [-0.15, -0.1) is 0 Å². The van der Waals surface area contributed by atoms with Gasteiger partial charge in [-0.3, -0.25) is 0 Å². The van der Waals surface area contributed by atoms with Crippen molar-refractivity contribution in [3.8, 4) is 16.9 Å². The van der Waals surface area contributed by atoms with Crippen LogP contribution < -0.4 is 10.5 Å². The fourth-order valence-electron chi connectivity index (χ4n) is 2.04. The summed E-state index contributed by atoms with van der Waals surface area (Å²) < 4.78 is 5.27. The van der Waals surface area contributed by atoms with Crippen LogP contribution in [0.5, 0.6) is 5.75 Å². The number of ether oxygens (including phenoxy) is 1. The number of aryl methyl sites for hydroxylation is 1. The van der Waals surface area contributed by atoms with E-state index in [4.69, 9.17) is 10.5 Å². The molecule has 0 heterocycles. The van der Waals surface area contributed by atoms with E-state index in [0.29, 0.717) is 0 Å². The second-order valence-electron chi connectivity index (χ2n) is 4.60. The van der Waals surface area contributed by atoms with Gasteiger partial charge in [0.25, 0.3) is 0 Å². The predicted octanol–water partition coefficient (Wildman–Crippen LogP) is 3.69. The lowest BCUT2D eigenvalue weighted by atomic mass is 10.00.